The van der Waals surface area contributed by atoms with Gasteiger partial charge in [-0.15, -0.1) is 0 Å². The lowest BCUT2D eigenvalue weighted by atomic mass is 10.1. The van der Waals surface area contributed by atoms with E-state index >= 15 is 0 Å². The van der Waals surface area contributed by atoms with Gasteiger partial charge in [-0.1, -0.05) is 24.3 Å². The number of fused-ring (bicyclic) bond motifs is 1. The topological polar surface area (TPSA) is 79.4 Å². The van der Waals surface area contributed by atoms with Crippen LogP contribution in [0.1, 0.15) is 5.56 Å². The number of aromatic nitrogens is 1. The number of pyridine rings is 1. The number of carbonyl (C=O) groups is 1. The molecule has 0 aliphatic heterocycles. The fourth-order valence-electron chi connectivity index (χ4n) is 2.69. The highest BCUT2D eigenvalue weighted by Crippen LogP contribution is 2.26. The summed E-state index contributed by atoms with van der Waals surface area (Å²) in [7, 11) is -2.45. The Morgan fingerprint density at radius 2 is 1.81 bits per heavy atom. The Labute approximate surface area is 152 Å². The number of benzene rings is 2. The van der Waals surface area contributed by atoms with Crippen molar-refractivity contribution in [2.24, 2.45) is 0 Å². The van der Waals surface area contributed by atoms with Gasteiger partial charge in [-0.2, -0.15) is 4.31 Å². The molecule has 1 aromatic heterocycles. The summed E-state index contributed by atoms with van der Waals surface area (Å²) in [5, 5.41) is 3.23. The minimum absolute atomic E-state index is 0.140. The molecule has 6 nitrogen and oxygen atoms in total. The first-order valence-electron chi connectivity index (χ1n) is 8.05. The van der Waals surface area contributed by atoms with Gasteiger partial charge < -0.3 is 5.32 Å². The molecule has 0 spiro atoms. The quantitative estimate of drug-likeness (QED) is 0.750. The second-order valence-electron chi connectivity index (χ2n) is 5.96. The van der Waals surface area contributed by atoms with Crippen molar-refractivity contribution in [3.8, 4) is 0 Å². The monoisotopic (exact) mass is 369 g/mol. The maximum Gasteiger partial charge on any atom is 0.243 e. The Balaban J connectivity index is 1.86. The number of amides is 1. The SMILES string of the molecule is Cc1ccc(S(=O)(=O)N(C)CC(=O)Nc2ccccc2)c2cccnc12. The first-order valence-corrected chi connectivity index (χ1v) is 9.49. The molecule has 134 valence electrons. The fourth-order valence-corrected chi connectivity index (χ4v) is 4.00. The average molecular weight is 369 g/mol. The summed E-state index contributed by atoms with van der Waals surface area (Å²) in [4.78, 5) is 16.6. The highest BCUT2D eigenvalue weighted by Gasteiger charge is 2.25. The van der Waals surface area contributed by atoms with Crippen molar-refractivity contribution in [3.05, 3.63) is 66.4 Å². The molecule has 0 saturated carbocycles. The lowest BCUT2D eigenvalue weighted by Gasteiger charge is -2.18. The second-order valence-corrected chi connectivity index (χ2v) is 7.97. The number of hydrogen-bond acceptors (Lipinski definition) is 4. The van der Waals surface area contributed by atoms with E-state index in [1.54, 1.807) is 54.7 Å². The van der Waals surface area contributed by atoms with Gasteiger partial charge in [0.15, 0.2) is 0 Å². The molecular formula is C19H19N3O3S. The molecule has 3 rings (SSSR count). The van der Waals surface area contributed by atoms with Crippen LogP contribution in [-0.2, 0) is 14.8 Å². The number of nitrogens with zero attached hydrogens (tertiary/aromatic N) is 2. The maximum absolute atomic E-state index is 13.0. The third-order valence-corrected chi connectivity index (χ3v) is 5.90. The van der Waals surface area contributed by atoms with Crippen molar-refractivity contribution < 1.29 is 13.2 Å². The first kappa shape index (κ1) is 18.0. The summed E-state index contributed by atoms with van der Waals surface area (Å²) in [6.45, 7) is 1.59. The maximum atomic E-state index is 13.0. The van der Waals surface area contributed by atoms with Crippen LogP contribution in [0.3, 0.4) is 0 Å². The smallest absolute Gasteiger partial charge is 0.243 e. The molecule has 0 aliphatic rings. The number of likely N-dealkylation sites (N-methyl/N-ethyl adjacent to an activating group) is 1. The summed E-state index contributed by atoms with van der Waals surface area (Å²) in [5.74, 6) is -0.406. The molecule has 0 unspecified atom stereocenters. The minimum Gasteiger partial charge on any atom is -0.325 e. The molecule has 7 heteroatoms. The van der Waals surface area contributed by atoms with E-state index in [9.17, 15) is 13.2 Å². The molecule has 0 atom stereocenters. The van der Waals surface area contributed by atoms with E-state index in [4.69, 9.17) is 0 Å². The zero-order chi connectivity index (χ0) is 18.7. The third-order valence-electron chi connectivity index (χ3n) is 4.04. The fraction of sp³-hybridized carbons (Fsp3) is 0.158. The van der Waals surface area contributed by atoms with Crippen LogP contribution in [0.2, 0.25) is 0 Å². The number of hydrogen-bond donors (Lipinski definition) is 1. The number of sulfonamides is 1. The third kappa shape index (κ3) is 3.58. The molecule has 0 bridgehead atoms. The van der Waals surface area contributed by atoms with Gasteiger partial charge in [0.05, 0.1) is 17.0 Å². The molecule has 0 fully saturated rings. The molecule has 1 N–H and O–H groups in total. The van der Waals surface area contributed by atoms with Crippen molar-refractivity contribution in [2.45, 2.75) is 11.8 Å². The van der Waals surface area contributed by atoms with Gasteiger partial charge >= 0.3 is 0 Å². The summed E-state index contributed by atoms with van der Waals surface area (Å²) in [5.41, 5.74) is 2.15. The van der Waals surface area contributed by atoms with Crippen molar-refractivity contribution >= 4 is 32.5 Å². The van der Waals surface area contributed by atoms with E-state index in [2.05, 4.69) is 10.3 Å². The standard InChI is InChI=1S/C19H19N3O3S/c1-14-10-11-17(16-9-6-12-20-19(14)16)26(24,25)22(2)13-18(23)21-15-7-4-3-5-8-15/h3-12H,13H2,1-2H3,(H,21,23). The Morgan fingerprint density at radius 3 is 2.54 bits per heavy atom. The van der Waals surface area contributed by atoms with E-state index in [1.807, 2.05) is 13.0 Å². The van der Waals surface area contributed by atoms with Crippen LogP contribution in [-0.4, -0.2) is 37.2 Å². The van der Waals surface area contributed by atoms with E-state index in [0.717, 1.165) is 9.87 Å². The Hall–Kier alpha value is -2.77. The van der Waals surface area contributed by atoms with Crippen LogP contribution in [0.5, 0.6) is 0 Å². The molecule has 2 aromatic carbocycles. The van der Waals surface area contributed by atoms with Crippen LogP contribution < -0.4 is 5.32 Å². The van der Waals surface area contributed by atoms with E-state index in [1.165, 1.54) is 7.05 Å². The molecule has 0 aliphatic carbocycles. The number of para-hydroxylation sites is 1. The van der Waals surface area contributed by atoms with Gasteiger partial charge in [0, 0.05) is 24.3 Å². The lowest BCUT2D eigenvalue weighted by molar-refractivity contribution is -0.116. The Morgan fingerprint density at radius 1 is 1.08 bits per heavy atom. The van der Waals surface area contributed by atoms with E-state index < -0.39 is 15.9 Å². The highest BCUT2D eigenvalue weighted by atomic mass is 32.2. The molecule has 3 aromatic rings. The summed E-state index contributed by atoms with van der Waals surface area (Å²) in [6, 6.07) is 15.6. The van der Waals surface area contributed by atoms with Gasteiger partial charge in [0.1, 0.15) is 0 Å². The number of nitrogens with one attached hydrogen (secondary N) is 1. The first-order chi connectivity index (χ1) is 12.4. The van der Waals surface area contributed by atoms with Crippen LogP contribution in [0.15, 0.2) is 65.7 Å². The van der Waals surface area contributed by atoms with Gasteiger partial charge in [-0.3, -0.25) is 9.78 Å². The van der Waals surface area contributed by atoms with E-state index in [0.29, 0.717) is 16.6 Å². The molecular weight excluding hydrogens is 350 g/mol. The highest BCUT2D eigenvalue weighted by molar-refractivity contribution is 7.89. The van der Waals surface area contributed by atoms with Crippen LogP contribution in [0.4, 0.5) is 5.69 Å². The molecule has 0 radical (unpaired) electrons. The zero-order valence-corrected chi connectivity index (χ0v) is 15.3. The van der Waals surface area contributed by atoms with Crippen LogP contribution >= 0.6 is 0 Å². The number of carbonyl (C=O) groups excluding carboxylic acids is 1. The van der Waals surface area contributed by atoms with Crippen LogP contribution in [0.25, 0.3) is 10.9 Å². The molecule has 1 heterocycles. The average Bonchev–Trinajstić information content (AvgIpc) is 2.62. The second kappa shape index (κ2) is 7.23. The van der Waals surface area contributed by atoms with E-state index in [-0.39, 0.29) is 11.4 Å². The molecule has 0 saturated heterocycles. The van der Waals surface area contributed by atoms with Gasteiger partial charge in [0.2, 0.25) is 15.9 Å². The minimum atomic E-state index is -3.84. The van der Waals surface area contributed by atoms with Crippen molar-refractivity contribution in [3.63, 3.8) is 0 Å². The Bertz CT molecular complexity index is 1050. The van der Waals surface area contributed by atoms with Gasteiger partial charge in [-0.25, -0.2) is 8.42 Å². The predicted molar refractivity (Wildman–Crippen MR) is 101 cm³/mol. The normalized spacial score (nSPS) is 11.7. The summed E-state index contributed by atoms with van der Waals surface area (Å²) in [6.07, 6.45) is 1.63. The largest absolute Gasteiger partial charge is 0.325 e. The van der Waals surface area contributed by atoms with Crippen molar-refractivity contribution in [1.82, 2.24) is 9.29 Å². The number of aryl methyl sites for hydroxylation is 1. The summed E-state index contributed by atoms with van der Waals surface area (Å²) >= 11 is 0. The number of anilines is 1. The molecule has 1 amide bonds. The Kier molecular flexibility index (Phi) is 5.01. The van der Waals surface area contributed by atoms with Crippen molar-refractivity contribution in [2.75, 3.05) is 18.9 Å². The predicted octanol–water partition coefficient (Wildman–Crippen LogP) is 2.80. The van der Waals surface area contributed by atoms with Gasteiger partial charge in [0.25, 0.3) is 0 Å². The van der Waals surface area contributed by atoms with Gasteiger partial charge in [-0.05, 0) is 42.8 Å². The van der Waals surface area contributed by atoms with Crippen LogP contribution in [0, 0.1) is 6.92 Å². The summed E-state index contributed by atoms with van der Waals surface area (Å²) < 4.78 is 27.0. The van der Waals surface area contributed by atoms with Crippen molar-refractivity contribution in [1.29, 1.82) is 0 Å². The number of rotatable bonds is 5. The lowest BCUT2D eigenvalue weighted by Crippen LogP contribution is -2.35. The molecule has 26 heavy (non-hydrogen) atoms. The zero-order valence-electron chi connectivity index (χ0n) is 14.5.